The monoisotopic (exact) mass is 308 g/mol. The number of amides is 1. The predicted octanol–water partition coefficient (Wildman–Crippen LogP) is 3.60. The van der Waals surface area contributed by atoms with E-state index in [1.165, 1.54) is 0 Å². The Bertz CT molecular complexity index is 867. The van der Waals surface area contributed by atoms with Gasteiger partial charge in [-0.2, -0.15) is 0 Å². The molecule has 2 N–H and O–H groups in total. The van der Waals surface area contributed by atoms with Crippen LogP contribution in [-0.2, 0) is 4.74 Å². The zero-order valence-electron chi connectivity index (χ0n) is 12.6. The normalized spacial score (nSPS) is 10.5. The van der Waals surface area contributed by atoms with E-state index in [0.717, 1.165) is 10.9 Å². The minimum Gasteiger partial charge on any atom is -0.462 e. The highest BCUT2D eigenvalue weighted by Crippen LogP contribution is 2.21. The predicted molar refractivity (Wildman–Crippen MR) is 88.7 cm³/mol. The summed E-state index contributed by atoms with van der Waals surface area (Å²) in [4.78, 5) is 27.6. The number of ether oxygens (including phenoxy) is 1. The molecule has 1 amide bonds. The third kappa shape index (κ3) is 2.94. The third-order valence-corrected chi connectivity index (χ3v) is 3.50. The highest BCUT2D eigenvalue weighted by molar-refractivity contribution is 6.14. The first kappa shape index (κ1) is 14.8. The van der Waals surface area contributed by atoms with Crippen molar-refractivity contribution in [2.75, 3.05) is 11.9 Å². The number of aromatic nitrogens is 1. The van der Waals surface area contributed by atoms with Crippen molar-refractivity contribution in [3.8, 4) is 0 Å². The first-order valence-corrected chi connectivity index (χ1v) is 7.34. The Balaban J connectivity index is 1.90. The molecule has 3 rings (SSSR count). The van der Waals surface area contributed by atoms with Crippen molar-refractivity contribution in [2.45, 2.75) is 6.92 Å². The molecule has 23 heavy (non-hydrogen) atoms. The summed E-state index contributed by atoms with van der Waals surface area (Å²) in [6, 6.07) is 14.3. The van der Waals surface area contributed by atoms with Gasteiger partial charge in [0.2, 0.25) is 0 Å². The van der Waals surface area contributed by atoms with Crippen LogP contribution in [0.3, 0.4) is 0 Å². The van der Waals surface area contributed by atoms with E-state index in [9.17, 15) is 9.59 Å². The second-order valence-electron chi connectivity index (χ2n) is 4.97. The zero-order valence-corrected chi connectivity index (χ0v) is 12.6. The number of hydrogen-bond donors (Lipinski definition) is 2. The lowest BCUT2D eigenvalue weighted by Crippen LogP contribution is -2.15. The van der Waals surface area contributed by atoms with Crippen LogP contribution in [0.1, 0.15) is 27.6 Å². The number of para-hydroxylation sites is 2. The SMILES string of the molecule is CCOC(=O)c1ccccc1NC(=O)c1c[nH]c2ccccc12. The van der Waals surface area contributed by atoms with Gasteiger partial charge in [0.1, 0.15) is 0 Å². The Morgan fingerprint density at radius 3 is 2.61 bits per heavy atom. The van der Waals surface area contributed by atoms with Crippen molar-refractivity contribution in [3.63, 3.8) is 0 Å². The number of carbonyl (C=O) groups excluding carboxylic acids is 2. The highest BCUT2D eigenvalue weighted by atomic mass is 16.5. The molecule has 0 unspecified atom stereocenters. The van der Waals surface area contributed by atoms with Crippen molar-refractivity contribution in [1.29, 1.82) is 0 Å². The number of fused-ring (bicyclic) bond motifs is 1. The van der Waals surface area contributed by atoms with Crippen LogP contribution in [-0.4, -0.2) is 23.5 Å². The van der Waals surface area contributed by atoms with E-state index in [-0.39, 0.29) is 12.5 Å². The van der Waals surface area contributed by atoms with Gasteiger partial charge in [0.05, 0.1) is 23.4 Å². The number of benzene rings is 2. The standard InChI is InChI=1S/C18H16N2O3/c1-2-23-18(22)13-8-4-6-10-16(13)20-17(21)14-11-19-15-9-5-3-7-12(14)15/h3-11,19H,2H2,1H3,(H,20,21). The number of nitrogens with one attached hydrogen (secondary N) is 2. The average Bonchev–Trinajstić information content (AvgIpc) is 2.99. The number of rotatable bonds is 4. The van der Waals surface area contributed by atoms with E-state index < -0.39 is 5.97 Å². The van der Waals surface area contributed by atoms with Crippen LogP contribution in [0.4, 0.5) is 5.69 Å². The smallest absolute Gasteiger partial charge is 0.340 e. The van der Waals surface area contributed by atoms with E-state index in [4.69, 9.17) is 4.74 Å². The minimum atomic E-state index is -0.456. The molecule has 0 radical (unpaired) electrons. The van der Waals surface area contributed by atoms with Crippen LogP contribution < -0.4 is 5.32 Å². The molecule has 0 spiro atoms. The van der Waals surface area contributed by atoms with Crippen LogP contribution in [0, 0.1) is 0 Å². The Morgan fingerprint density at radius 2 is 1.78 bits per heavy atom. The first-order chi connectivity index (χ1) is 11.2. The number of anilines is 1. The summed E-state index contributed by atoms with van der Waals surface area (Å²) in [5, 5.41) is 3.62. The van der Waals surface area contributed by atoms with Crippen LogP contribution >= 0.6 is 0 Å². The van der Waals surface area contributed by atoms with E-state index in [0.29, 0.717) is 16.8 Å². The van der Waals surface area contributed by atoms with E-state index in [1.807, 2.05) is 24.3 Å². The Kier molecular flexibility index (Phi) is 4.10. The minimum absolute atomic E-state index is 0.279. The fourth-order valence-electron chi connectivity index (χ4n) is 2.43. The molecule has 0 bridgehead atoms. The Morgan fingerprint density at radius 1 is 1.04 bits per heavy atom. The maximum Gasteiger partial charge on any atom is 0.340 e. The summed E-state index contributed by atoms with van der Waals surface area (Å²) in [5.41, 5.74) is 2.18. The van der Waals surface area contributed by atoms with Crippen molar-refractivity contribution in [2.24, 2.45) is 0 Å². The van der Waals surface area contributed by atoms with Crippen LogP contribution in [0.15, 0.2) is 54.7 Å². The van der Waals surface area contributed by atoms with Gasteiger partial charge in [-0.05, 0) is 25.1 Å². The average molecular weight is 308 g/mol. The zero-order chi connectivity index (χ0) is 16.2. The summed E-state index contributed by atoms with van der Waals surface area (Å²) in [5.74, 6) is -0.735. The number of hydrogen-bond acceptors (Lipinski definition) is 3. The summed E-state index contributed by atoms with van der Waals surface area (Å²) in [7, 11) is 0. The molecule has 0 aliphatic carbocycles. The lowest BCUT2D eigenvalue weighted by atomic mass is 10.1. The molecule has 0 atom stereocenters. The molecule has 5 heteroatoms. The van der Waals surface area contributed by atoms with Crippen LogP contribution in [0.25, 0.3) is 10.9 Å². The van der Waals surface area contributed by atoms with Crippen molar-refractivity contribution in [3.05, 3.63) is 65.9 Å². The molecular weight excluding hydrogens is 292 g/mol. The van der Waals surface area contributed by atoms with Crippen molar-refractivity contribution < 1.29 is 14.3 Å². The molecule has 3 aromatic rings. The molecule has 1 heterocycles. The van der Waals surface area contributed by atoms with Crippen molar-refractivity contribution in [1.82, 2.24) is 4.98 Å². The van der Waals surface area contributed by atoms with Gasteiger partial charge in [-0.15, -0.1) is 0 Å². The maximum absolute atomic E-state index is 12.5. The molecule has 1 aromatic heterocycles. The molecule has 0 fully saturated rings. The van der Waals surface area contributed by atoms with E-state index in [1.54, 1.807) is 37.4 Å². The van der Waals surface area contributed by atoms with Gasteiger partial charge >= 0.3 is 5.97 Å². The lowest BCUT2D eigenvalue weighted by Gasteiger charge is -2.10. The van der Waals surface area contributed by atoms with Crippen LogP contribution in [0.2, 0.25) is 0 Å². The second kappa shape index (κ2) is 6.36. The maximum atomic E-state index is 12.5. The quantitative estimate of drug-likeness (QED) is 0.723. The summed E-state index contributed by atoms with van der Waals surface area (Å²) in [6.45, 7) is 2.02. The topological polar surface area (TPSA) is 71.2 Å². The molecule has 0 aliphatic heterocycles. The van der Waals surface area contributed by atoms with E-state index in [2.05, 4.69) is 10.3 Å². The number of H-pyrrole nitrogens is 1. The van der Waals surface area contributed by atoms with Gasteiger partial charge in [0.25, 0.3) is 5.91 Å². The van der Waals surface area contributed by atoms with Gasteiger partial charge in [0, 0.05) is 17.1 Å². The molecule has 0 saturated heterocycles. The summed E-state index contributed by atoms with van der Waals surface area (Å²) >= 11 is 0. The number of aromatic amines is 1. The van der Waals surface area contributed by atoms with Crippen molar-refractivity contribution >= 4 is 28.5 Å². The highest BCUT2D eigenvalue weighted by Gasteiger charge is 2.16. The number of esters is 1. The van der Waals surface area contributed by atoms with Gasteiger partial charge in [-0.1, -0.05) is 30.3 Å². The summed E-state index contributed by atoms with van der Waals surface area (Å²) < 4.78 is 5.01. The first-order valence-electron chi connectivity index (χ1n) is 7.34. The Hall–Kier alpha value is -3.08. The molecule has 0 aliphatic rings. The lowest BCUT2D eigenvalue weighted by molar-refractivity contribution is 0.0527. The molecular formula is C18H16N2O3. The van der Waals surface area contributed by atoms with Gasteiger partial charge in [-0.3, -0.25) is 4.79 Å². The van der Waals surface area contributed by atoms with E-state index >= 15 is 0 Å². The largest absolute Gasteiger partial charge is 0.462 e. The molecule has 5 nitrogen and oxygen atoms in total. The fourth-order valence-corrected chi connectivity index (χ4v) is 2.43. The van der Waals surface area contributed by atoms with Gasteiger partial charge < -0.3 is 15.0 Å². The molecule has 0 saturated carbocycles. The summed E-state index contributed by atoms with van der Waals surface area (Å²) in [6.07, 6.45) is 1.66. The third-order valence-electron chi connectivity index (χ3n) is 3.50. The molecule has 2 aromatic carbocycles. The fraction of sp³-hybridized carbons (Fsp3) is 0.111. The molecule has 116 valence electrons. The second-order valence-corrected chi connectivity index (χ2v) is 4.97. The number of carbonyl (C=O) groups is 2. The van der Waals surface area contributed by atoms with Gasteiger partial charge in [0.15, 0.2) is 0 Å². The van der Waals surface area contributed by atoms with Crippen LogP contribution in [0.5, 0.6) is 0 Å². The Labute approximate surface area is 133 Å². The van der Waals surface area contributed by atoms with Gasteiger partial charge in [-0.25, -0.2) is 4.79 Å².